The van der Waals surface area contributed by atoms with E-state index in [2.05, 4.69) is 65.1 Å². The predicted octanol–water partition coefficient (Wildman–Crippen LogP) is 2.56. The van der Waals surface area contributed by atoms with E-state index in [-0.39, 0.29) is 0 Å². The Balaban J connectivity index is 2.36. The molecular formula is C17H30N4S. The molecule has 4 nitrogen and oxygen atoms in total. The molecule has 0 aliphatic heterocycles. The van der Waals surface area contributed by atoms with Gasteiger partial charge in [0, 0.05) is 26.7 Å². The maximum absolute atomic E-state index is 4.27. The molecule has 0 aliphatic rings. The summed E-state index contributed by atoms with van der Waals surface area (Å²) in [5.41, 5.74) is 2.62. The summed E-state index contributed by atoms with van der Waals surface area (Å²) in [4.78, 5) is 6.45. The molecule has 0 fully saturated rings. The highest BCUT2D eigenvalue weighted by Gasteiger charge is 2.00. The van der Waals surface area contributed by atoms with Crippen molar-refractivity contribution in [3.8, 4) is 0 Å². The Labute approximate surface area is 139 Å². The van der Waals surface area contributed by atoms with Gasteiger partial charge >= 0.3 is 0 Å². The molecule has 0 spiro atoms. The van der Waals surface area contributed by atoms with Gasteiger partial charge in [-0.05, 0) is 50.1 Å². The van der Waals surface area contributed by atoms with E-state index in [1.165, 1.54) is 29.7 Å². The van der Waals surface area contributed by atoms with Crippen LogP contribution in [0.4, 0.5) is 0 Å². The van der Waals surface area contributed by atoms with Gasteiger partial charge in [-0.2, -0.15) is 11.8 Å². The van der Waals surface area contributed by atoms with Crippen LogP contribution in [0.25, 0.3) is 0 Å². The summed E-state index contributed by atoms with van der Waals surface area (Å²) in [7, 11) is 6.00. The second-order valence-electron chi connectivity index (χ2n) is 5.61. The van der Waals surface area contributed by atoms with Crippen LogP contribution in [0.15, 0.2) is 29.3 Å². The van der Waals surface area contributed by atoms with Crippen LogP contribution < -0.4 is 10.6 Å². The number of aliphatic imine (C=N–C) groups is 1. The molecule has 124 valence electrons. The van der Waals surface area contributed by atoms with Crippen molar-refractivity contribution in [2.75, 3.05) is 39.7 Å². The molecule has 1 rings (SSSR count). The minimum Gasteiger partial charge on any atom is -0.356 e. The lowest BCUT2D eigenvalue weighted by Crippen LogP contribution is -2.37. The van der Waals surface area contributed by atoms with Crippen LogP contribution in [0.5, 0.6) is 0 Å². The third-order valence-corrected chi connectivity index (χ3v) is 3.94. The monoisotopic (exact) mass is 322 g/mol. The highest BCUT2D eigenvalue weighted by molar-refractivity contribution is 7.98. The smallest absolute Gasteiger partial charge is 0.191 e. The molecule has 0 amide bonds. The van der Waals surface area contributed by atoms with Crippen molar-refractivity contribution in [1.82, 2.24) is 15.5 Å². The largest absolute Gasteiger partial charge is 0.356 e. The Morgan fingerprint density at radius 3 is 2.64 bits per heavy atom. The van der Waals surface area contributed by atoms with E-state index in [1.54, 1.807) is 0 Å². The molecule has 0 atom stereocenters. The fourth-order valence-electron chi connectivity index (χ4n) is 2.19. The number of thioether (sulfide) groups is 1. The van der Waals surface area contributed by atoms with Crippen LogP contribution in [0.2, 0.25) is 0 Å². The van der Waals surface area contributed by atoms with Gasteiger partial charge in [-0.15, -0.1) is 0 Å². The first-order chi connectivity index (χ1) is 10.7. The third-order valence-electron chi connectivity index (χ3n) is 3.24. The van der Waals surface area contributed by atoms with Gasteiger partial charge in [0.05, 0.1) is 0 Å². The van der Waals surface area contributed by atoms with E-state index in [0.29, 0.717) is 0 Å². The lowest BCUT2D eigenvalue weighted by Gasteiger charge is -2.13. The number of nitrogens with zero attached hydrogens (tertiary/aromatic N) is 2. The molecule has 0 saturated heterocycles. The molecule has 1 aromatic rings. The first kappa shape index (κ1) is 18.8. The maximum atomic E-state index is 4.27. The molecular weight excluding hydrogens is 292 g/mol. The van der Waals surface area contributed by atoms with Crippen LogP contribution in [-0.2, 0) is 13.1 Å². The van der Waals surface area contributed by atoms with Crippen LogP contribution in [-0.4, -0.2) is 50.6 Å². The zero-order chi connectivity index (χ0) is 16.2. The molecule has 0 saturated carbocycles. The van der Waals surface area contributed by atoms with Crippen molar-refractivity contribution >= 4 is 17.7 Å². The van der Waals surface area contributed by atoms with Crippen molar-refractivity contribution in [3.63, 3.8) is 0 Å². The molecule has 0 aliphatic carbocycles. The Kier molecular flexibility index (Phi) is 9.75. The molecule has 0 unspecified atom stereocenters. The minimum atomic E-state index is 0.797. The molecule has 0 radical (unpaired) electrons. The Hall–Kier alpha value is -1.20. The fourth-order valence-corrected chi connectivity index (χ4v) is 2.68. The van der Waals surface area contributed by atoms with Crippen molar-refractivity contribution < 1.29 is 0 Å². The van der Waals surface area contributed by atoms with Crippen LogP contribution >= 0.6 is 11.8 Å². The van der Waals surface area contributed by atoms with Crippen LogP contribution in [0.1, 0.15) is 24.0 Å². The SMILES string of the molecule is CN=C(NCCCCSC)NCc1cccc(CN(C)C)c1. The van der Waals surface area contributed by atoms with E-state index < -0.39 is 0 Å². The number of unbranched alkanes of at least 4 members (excludes halogenated alkanes) is 1. The van der Waals surface area contributed by atoms with Gasteiger partial charge in [0.25, 0.3) is 0 Å². The first-order valence-corrected chi connectivity index (χ1v) is 9.21. The zero-order valence-electron chi connectivity index (χ0n) is 14.4. The van der Waals surface area contributed by atoms with Crippen molar-refractivity contribution in [2.24, 2.45) is 4.99 Å². The Morgan fingerprint density at radius 2 is 1.95 bits per heavy atom. The van der Waals surface area contributed by atoms with Crippen molar-refractivity contribution in [1.29, 1.82) is 0 Å². The highest BCUT2D eigenvalue weighted by atomic mass is 32.2. The first-order valence-electron chi connectivity index (χ1n) is 7.81. The van der Waals surface area contributed by atoms with E-state index in [9.17, 15) is 0 Å². The Bertz CT molecular complexity index is 446. The number of hydrogen-bond donors (Lipinski definition) is 2. The number of hydrogen-bond acceptors (Lipinski definition) is 3. The molecule has 0 bridgehead atoms. The van der Waals surface area contributed by atoms with Crippen LogP contribution in [0.3, 0.4) is 0 Å². The molecule has 2 N–H and O–H groups in total. The standard InChI is InChI=1S/C17H30N4S/c1-18-17(19-10-5-6-11-22-4)20-13-15-8-7-9-16(12-15)14-21(2)3/h7-9,12H,5-6,10-11,13-14H2,1-4H3,(H2,18,19,20). The van der Waals surface area contributed by atoms with Gasteiger partial charge in [0.15, 0.2) is 5.96 Å². The lowest BCUT2D eigenvalue weighted by atomic mass is 10.1. The van der Waals surface area contributed by atoms with Gasteiger partial charge in [0.1, 0.15) is 0 Å². The summed E-state index contributed by atoms with van der Waals surface area (Å²) in [6.07, 6.45) is 4.58. The highest BCUT2D eigenvalue weighted by Crippen LogP contribution is 2.06. The number of nitrogens with one attached hydrogen (secondary N) is 2. The summed E-state index contributed by atoms with van der Waals surface area (Å²) >= 11 is 1.90. The average Bonchev–Trinajstić information content (AvgIpc) is 2.50. The third kappa shape index (κ3) is 8.29. The van der Waals surface area contributed by atoms with E-state index in [1.807, 2.05) is 18.8 Å². The molecule has 22 heavy (non-hydrogen) atoms. The molecule has 0 heterocycles. The van der Waals surface area contributed by atoms with Crippen LogP contribution in [0, 0.1) is 0 Å². The molecule has 0 aromatic heterocycles. The predicted molar refractivity (Wildman–Crippen MR) is 99.7 cm³/mol. The molecule has 1 aromatic carbocycles. The summed E-state index contributed by atoms with van der Waals surface area (Å²) in [5.74, 6) is 2.11. The zero-order valence-corrected chi connectivity index (χ0v) is 15.2. The molecule has 5 heteroatoms. The van der Waals surface area contributed by atoms with Gasteiger partial charge in [-0.25, -0.2) is 0 Å². The summed E-state index contributed by atoms with van der Waals surface area (Å²) < 4.78 is 0. The van der Waals surface area contributed by atoms with Crippen molar-refractivity contribution in [2.45, 2.75) is 25.9 Å². The van der Waals surface area contributed by atoms with E-state index >= 15 is 0 Å². The normalized spacial score (nSPS) is 11.8. The number of rotatable bonds is 9. The number of guanidine groups is 1. The topological polar surface area (TPSA) is 39.7 Å². The second kappa shape index (κ2) is 11.4. The van der Waals surface area contributed by atoms with Gasteiger partial charge in [-0.1, -0.05) is 24.3 Å². The average molecular weight is 323 g/mol. The van der Waals surface area contributed by atoms with Crippen molar-refractivity contribution in [3.05, 3.63) is 35.4 Å². The lowest BCUT2D eigenvalue weighted by molar-refractivity contribution is 0.402. The minimum absolute atomic E-state index is 0.797. The maximum Gasteiger partial charge on any atom is 0.191 e. The summed E-state index contributed by atoms with van der Waals surface area (Å²) in [5, 5.41) is 6.74. The second-order valence-corrected chi connectivity index (χ2v) is 6.60. The van der Waals surface area contributed by atoms with Gasteiger partial charge in [0.2, 0.25) is 0 Å². The van der Waals surface area contributed by atoms with Gasteiger partial charge in [-0.3, -0.25) is 4.99 Å². The van der Waals surface area contributed by atoms with E-state index in [4.69, 9.17) is 0 Å². The summed E-state index contributed by atoms with van der Waals surface area (Å²) in [6, 6.07) is 8.69. The number of benzene rings is 1. The fraction of sp³-hybridized carbons (Fsp3) is 0.588. The van der Waals surface area contributed by atoms with Gasteiger partial charge < -0.3 is 15.5 Å². The van der Waals surface area contributed by atoms with E-state index in [0.717, 1.165) is 25.6 Å². The quantitative estimate of drug-likeness (QED) is 0.416. The Morgan fingerprint density at radius 1 is 1.18 bits per heavy atom. The summed E-state index contributed by atoms with van der Waals surface area (Å²) in [6.45, 7) is 2.74.